The maximum absolute atomic E-state index is 12.5. The van der Waals surface area contributed by atoms with E-state index in [1.54, 1.807) is 7.11 Å². The van der Waals surface area contributed by atoms with Gasteiger partial charge in [-0.25, -0.2) is 0 Å². The van der Waals surface area contributed by atoms with Crippen LogP contribution in [0.5, 0.6) is 5.75 Å². The zero-order valence-corrected chi connectivity index (χ0v) is 17.4. The number of likely N-dealkylation sites (tertiary alicyclic amines) is 1. The molecule has 0 aromatic heterocycles. The van der Waals surface area contributed by atoms with Gasteiger partial charge in [-0.3, -0.25) is 9.69 Å². The van der Waals surface area contributed by atoms with Gasteiger partial charge in [-0.15, -0.1) is 24.0 Å². The van der Waals surface area contributed by atoms with Crippen molar-refractivity contribution in [2.24, 2.45) is 0 Å². The van der Waals surface area contributed by atoms with Crippen LogP contribution in [-0.4, -0.2) is 35.8 Å². The van der Waals surface area contributed by atoms with Gasteiger partial charge in [-0.05, 0) is 37.5 Å². The van der Waals surface area contributed by atoms with E-state index < -0.39 is 4.87 Å². The van der Waals surface area contributed by atoms with Crippen molar-refractivity contribution in [1.29, 1.82) is 0 Å². The number of ether oxygens (including phenoxy) is 1. The molecule has 2 aromatic rings. The lowest BCUT2D eigenvalue weighted by Crippen LogP contribution is -2.43. The molecule has 1 saturated heterocycles. The van der Waals surface area contributed by atoms with Crippen LogP contribution in [0.15, 0.2) is 54.6 Å². The third-order valence-corrected chi connectivity index (χ3v) is 5.92. The highest BCUT2D eigenvalue weighted by Gasteiger charge is 2.36. The lowest BCUT2D eigenvalue weighted by atomic mass is 9.88. The smallest absolute Gasteiger partial charge is 0.164 e. The number of rotatable bonds is 6. The highest BCUT2D eigenvalue weighted by molar-refractivity contribution is 6.25. The van der Waals surface area contributed by atoms with Crippen molar-refractivity contribution in [3.8, 4) is 5.75 Å². The topological polar surface area (TPSA) is 29.5 Å². The van der Waals surface area contributed by atoms with Crippen molar-refractivity contribution in [3.05, 3.63) is 65.7 Å². The molecular formula is C22H27Cl2NO2. The van der Waals surface area contributed by atoms with Crippen molar-refractivity contribution in [2.75, 3.05) is 20.2 Å². The minimum atomic E-state index is -0.428. The number of methoxy groups -OCH3 is 1. The van der Waals surface area contributed by atoms with Gasteiger partial charge in [0.1, 0.15) is 5.75 Å². The number of hydrogen-bond donors (Lipinski definition) is 0. The van der Waals surface area contributed by atoms with Gasteiger partial charge in [-0.1, -0.05) is 42.5 Å². The summed E-state index contributed by atoms with van der Waals surface area (Å²) in [6, 6.07) is 18.0. The minimum absolute atomic E-state index is 0. The molecule has 0 radical (unpaired) electrons. The van der Waals surface area contributed by atoms with Crippen molar-refractivity contribution in [2.45, 2.75) is 37.1 Å². The van der Waals surface area contributed by atoms with Gasteiger partial charge in [0.2, 0.25) is 0 Å². The second-order valence-electron chi connectivity index (χ2n) is 7.10. The average molecular weight is 408 g/mol. The van der Waals surface area contributed by atoms with Crippen LogP contribution < -0.4 is 4.74 Å². The molecular weight excluding hydrogens is 381 g/mol. The van der Waals surface area contributed by atoms with Crippen molar-refractivity contribution < 1.29 is 9.53 Å². The molecule has 1 aliphatic heterocycles. The Hall–Kier alpha value is -1.55. The second-order valence-corrected chi connectivity index (χ2v) is 7.90. The van der Waals surface area contributed by atoms with Gasteiger partial charge in [-0.2, -0.15) is 0 Å². The molecule has 1 unspecified atom stereocenters. The van der Waals surface area contributed by atoms with Gasteiger partial charge in [0.15, 0.2) is 5.78 Å². The lowest BCUT2D eigenvalue weighted by molar-refractivity contribution is 0.0927. The van der Waals surface area contributed by atoms with E-state index in [2.05, 4.69) is 24.0 Å². The number of Topliss-reactive ketones (excluding diaryl/α,β-unsaturated/α-hetero) is 1. The summed E-state index contributed by atoms with van der Waals surface area (Å²) in [6.07, 6.45) is 2.06. The fourth-order valence-corrected chi connectivity index (χ4v) is 3.89. The highest BCUT2D eigenvalue weighted by Crippen LogP contribution is 2.36. The Labute approximate surface area is 173 Å². The van der Waals surface area contributed by atoms with Gasteiger partial charge in [0, 0.05) is 31.1 Å². The molecule has 27 heavy (non-hydrogen) atoms. The summed E-state index contributed by atoms with van der Waals surface area (Å²) in [5, 5.41) is 0. The van der Waals surface area contributed by atoms with Crippen molar-refractivity contribution >= 4 is 29.8 Å². The lowest BCUT2D eigenvalue weighted by Gasteiger charge is -2.40. The van der Waals surface area contributed by atoms with Gasteiger partial charge >= 0.3 is 0 Å². The predicted molar refractivity (Wildman–Crippen MR) is 113 cm³/mol. The molecule has 0 saturated carbocycles. The molecule has 1 aliphatic rings. The van der Waals surface area contributed by atoms with Crippen LogP contribution >= 0.6 is 24.0 Å². The Bertz CT molecular complexity index is 726. The van der Waals surface area contributed by atoms with Crippen LogP contribution in [0.1, 0.15) is 48.1 Å². The summed E-state index contributed by atoms with van der Waals surface area (Å²) in [7, 11) is 1.68. The van der Waals surface area contributed by atoms with Crippen LogP contribution in [0.2, 0.25) is 0 Å². The van der Waals surface area contributed by atoms with Gasteiger partial charge in [0.25, 0.3) is 0 Å². The van der Waals surface area contributed by atoms with Crippen LogP contribution in [0, 0.1) is 0 Å². The summed E-state index contributed by atoms with van der Waals surface area (Å²) < 4.78 is 5.23. The Morgan fingerprint density at radius 2 is 1.70 bits per heavy atom. The Morgan fingerprint density at radius 3 is 2.26 bits per heavy atom. The van der Waals surface area contributed by atoms with E-state index in [-0.39, 0.29) is 18.2 Å². The molecule has 0 spiro atoms. The number of halogens is 2. The molecule has 0 bridgehead atoms. The molecule has 5 heteroatoms. The first kappa shape index (κ1) is 21.7. The average Bonchev–Trinajstić information content (AvgIpc) is 2.68. The summed E-state index contributed by atoms with van der Waals surface area (Å²) in [4.78, 5) is 14.5. The monoisotopic (exact) mass is 407 g/mol. The molecule has 1 heterocycles. The zero-order valence-electron chi connectivity index (χ0n) is 15.9. The van der Waals surface area contributed by atoms with Crippen molar-refractivity contribution in [1.82, 2.24) is 4.90 Å². The number of ketones is 1. The minimum Gasteiger partial charge on any atom is -0.497 e. The number of hydrogen-bond acceptors (Lipinski definition) is 3. The van der Waals surface area contributed by atoms with Gasteiger partial charge in [0.05, 0.1) is 12.0 Å². The van der Waals surface area contributed by atoms with E-state index >= 15 is 0 Å². The zero-order chi connectivity index (χ0) is 18.6. The fraction of sp³-hybridized carbons (Fsp3) is 0.409. The van der Waals surface area contributed by atoms with Crippen molar-refractivity contribution in [3.63, 3.8) is 0 Å². The summed E-state index contributed by atoms with van der Waals surface area (Å²) in [6.45, 7) is 4.02. The highest BCUT2D eigenvalue weighted by atomic mass is 35.5. The maximum atomic E-state index is 12.5. The normalized spacial score (nSPS) is 17.6. The molecule has 1 fully saturated rings. The molecule has 3 nitrogen and oxygen atoms in total. The Morgan fingerprint density at radius 1 is 1.11 bits per heavy atom. The largest absolute Gasteiger partial charge is 0.497 e. The standard InChI is InChI=1S/C22H26ClNO2.ClH/c1-17(18-8-10-20(26-2)11-9-18)24-14-12-22(23,13-15-24)16-21(25)19-6-4-3-5-7-19;/h3-11,17H,12-16H2,1-2H3;1H. The SMILES string of the molecule is COc1ccc(C(C)N2CCC(Cl)(CC(=O)c3ccccc3)CC2)cc1.Cl. The van der Waals surface area contributed by atoms with Crippen LogP contribution in [0.4, 0.5) is 0 Å². The van der Waals surface area contributed by atoms with Crippen LogP contribution in [0.25, 0.3) is 0 Å². The predicted octanol–water partition coefficient (Wildman–Crippen LogP) is 5.52. The summed E-state index contributed by atoms with van der Waals surface area (Å²) in [5.74, 6) is 1.01. The quantitative estimate of drug-likeness (QED) is 0.465. The second kappa shape index (κ2) is 9.59. The molecule has 0 amide bonds. The number of alkyl halides is 1. The Balaban J connectivity index is 0.00000261. The third-order valence-electron chi connectivity index (χ3n) is 5.41. The number of nitrogens with zero attached hydrogens (tertiary/aromatic N) is 1. The van der Waals surface area contributed by atoms with Crippen LogP contribution in [-0.2, 0) is 0 Å². The number of carbonyl (C=O) groups is 1. The van der Waals surface area contributed by atoms with E-state index in [1.165, 1.54) is 5.56 Å². The first-order valence-electron chi connectivity index (χ1n) is 9.16. The molecule has 0 N–H and O–H groups in total. The fourth-order valence-electron chi connectivity index (χ4n) is 3.60. The van der Waals surface area contributed by atoms with E-state index in [9.17, 15) is 4.79 Å². The maximum Gasteiger partial charge on any atom is 0.164 e. The first-order chi connectivity index (χ1) is 12.5. The first-order valence-corrected chi connectivity index (χ1v) is 9.54. The van der Waals surface area contributed by atoms with Gasteiger partial charge < -0.3 is 4.74 Å². The summed E-state index contributed by atoms with van der Waals surface area (Å²) in [5.41, 5.74) is 2.02. The molecule has 1 atom stereocenters. The third kappa shape index (κ3) is 5.47. The van der Waals surface area contributed by atoms with E-state index in [1.807, 2.05) is 42.5 Å². The molecule has 0 aliphatic carbocycles. The summed E-state index contributed by atoms with van der Waals surface area (Å²) >= 11 is 6.81. The Kier molecular flexibility index (Phi) is 7.72. The number of piperidine rings is 1. The number of benzene rings is 2. The van der Waals surface area contributed by atoms with E-state index in [0.717, 1.165) is 37.2 Å². The molecule has 3 rings (SSSR count). The van der Waals surface area contributed by atoms with E-state index in [0.29, 0.717) is 12.5 Å². The number of carbonyl (C=O) groups excluding carboxylic acids is 1. The molecule has 2 aromatic carbocycles. The van der Waals surface area contributed by atoms with E-state index in [4.69, 9.17) is 16.3 Å². The molecule has 146 valence electrons. The van der Waals surface area contributed by atoms with Crippen LogP contribution in [0.3, 0.4) is 0 Å².